The van der Waals surface area contributed by atoms with Gasteiger partial charge in [-0.25, -0.2) is 0 Å². The zero-order valence-electron chi connectivity index (χ0n) is 11.0. The molecular weight excluding hydrogens is 269 g/mol. The summed E-state index contributed by atoms with van der Waals surface area (Å²) in [6.45, 7) is 7.56. The van der Waals surface area contributed by atoms with Gasteiger partial charge in [-0.15, -0.1) is 0 Å². The highest BCUT2D eigenvalue weighted by molar-refractivity contribution is 6.36. The van der Waals surface area contributed by atoms with Gasteiger partial charge in [0.05, 0.1) is 11.6 Å². The molecule has 2 nitrogen and oxygen atoms in total. The summed E-state index contributed by atoms with van der Waals surface area (Å²) in [5.74, 6) is 0.0182. The van der Waals surface area contributed by atoms with E-state index in [4.69, 9.17) is 23.2 Å². The number of hydrogen-bond acceptors (Lipinski definition) is 2. The van der Waals surface area contributed by atoms with E-state index in [1.165, 1.54) is 0 Å². The van der Waals surface area contributed by atoms with Gasteiger partial charge in [0, 0.05) is 16.6 Å². The molecule has 1 aromatic carbocycles. The predicted molar refractivity (Wildman–Crippen MR) is 77.8 cm³/mol. The lowest BCUT2D eigenvalue weighted by Crippen LogP contribution is -2.36. The minimum atomic E-state index is 0.0182. The van der Waals surface area contributed by atoms with E-state index in [-0.39, 0.29) is 5.78 Å². The molecule has 0 aliphatic rings. The van der Waals surface area contributed by atoms with Crippen LogP contribution in [0.5, 0.6) is 0 Å². The third-order valence-corrected chi connectivity index (χ3v) is 3.38. The summed E-state index contributed by atoms with van der Waals surface area (Å²) < 4.78 is 0. The Kier molecular flexibility index (Phi) is 6.13. The van der Waals surface area contributed by atoms with Crippen molar-refractivity contribution in [1.82, 2.24) is 4.90 Å². The van der Waals surface area contributed by atoms with Crippen LogP contribution in [0.1, 0.15) is 37.6 Å². The molecule has 0 N–H and O–H groups in total. The molecule has 0 aliphatic carbocycles. The zero-order valence-corrected chi connectivity index (χ0v) is 12.6. The van der Waals surface area contributed by atoms with E-state index < -0.39 is 0 Å². The molecule has 0 radical (unpaired) electrons. The molecule has 0 saturated heterocycles. The van der Waals surface area contributed by atoms with Gasteiger partial charge in [-0.2, -0.15) is 0 Å². The first kappa shape index (κ1) is 15.5. The number of hydrogen-bond donors (Lipinski definition) is 0. The fourth-order valence-corrected chi connectivity index (χ4v) is 2.18. The zero-order chi connectivity index (χ0) is 13.7. The molecule has 1 rings (SSSR count). The van der Waals surface area contributed by atoms with Crippen LogP contribution < -0.4 is 0 Å². The van der Waals surface area contributed by atoms with E-state index in [1.807, 2.05) is 0 Å². The molecule has 0 unspecified atom stereocenters. The van der Waals surface area contributed by atoms with Crippen molar-refractivity contribution in [2.45, 2.75) is 33.2 Å². The van der Waals surface area contributed by atoms with Crippen molar-refractivity contribution in [3.63, 3.8) is 0 Å². The van der Waals surface area contributed by atoms with Gasteiger partial charge in [-0.1, -0.05) is 30.1 Å². The van der Waals surface area contributed by atoms with E-state index in [1.54, 1.807) is 18.2 Å². The monoisotopic (exact) mass is 287 g/mol. The number of carbonyl (C=O) groups excluding carboxylic acids is 1. The molecule has 0 spiro atoms. The minimum Gasteiger partial charge on any atom is -0.293 e. The van der Waals surface area contributed by atoms with Gasteiger partial charge in [0.15, 0.2) is 5.78 Å². The average molecular weight is 288 g/mol. The van der Waals surface area contributed by atoms with Crippen LogP contribution in [0.15, 0.2) is 18.2 Å². The highest BCUT2D eigenvalue weighted by Crippen LogP contribution is 2.21. The number of Topliss-reactive ketones (excluding diaryl/α,β-unsaturated/α-hetero) is 1. The highest BCUT2D eigenvalue weighted by Gasteiger charge is 2.17. The van der Waals surface area contributed by atoms with Gasteiger partial charge >= 0.3 is 0 Å². The first-order chi connectivity index (χ1) is 8.45. The van der Waals surface area contributed by atoms with E-state index in [2.05, 4.69) is 25.7 Å². The molecule has 100 valence electrons. The van der Waals surface area contributed by atoms with Crippen LogP contribution in [-0.4, -0.2) is 29.8 Å². The van der Waals surface area contributed by atoms with E-state index in [0.29, 0.717) is 28.2 Å². The fourth-order valence-electron chi connectivity index (χ4n) is 1.79. The normalized spacial score (nSPS) is 11.3. The van der Waals surface area contributed by atoms with E-state index >= 15 is 0 Å². The average Bonchev–Trinajstić information content (AvgIpc) is 2.31. The lowest BCUT2D eigenvalue weighted by Gasteiger charge is -2.25. The van der Waals surface area contributed by atoms with Crippen molar-refractivity contribution in [2.24, 2.45) is 0 Å². The largest absolute Gasteiger partial charge is 0.293 e. The van der Waals surface area contributed by atoms with Crippen LogP contribution >= 0.6 is 23.2 Å². The second-order valence-electron chi connectivity index (χ2n) is 4.61. The lowest BCUT2D eigenvalue weighted by molar-refractivity contribution is 0.0906. The molecule has 0 aliphatic heterocycles. The van der Waals surface area contributed by atoms with Crippen LogP contribution in [-0.2, 0) is 0 Å². The molecule has 0 aromatic heterocycles. The molecule has 4 heteroatoms. The first-order valence-corrected chi connectivity index (χ1v) is 6.93. The fraction of sp³-hybridized carbons (Fsp3) is 0.500. The van der Waals surface area contributed by atoms with Crippen LogP contribution in [0.3, 0.4) is 0 Å². The molecular formula is C14H19Cl2NO. The van der Waals surface area contributed by atoms with Crippen LogP contribution in [0, 0.1) is 0 Å². The Bertz CT molecular complexity index is 418. The third kappa shape index (κ3) is 4.27. The summed E-state index contributed by atoms with van der Waals surface area (Å²) in [4.78, 5) is 14.4. The summed E-state index contributed by atoms with van der Waals surface area (Å²) in [5.41, 5.74) is 0.505. The molecule has 18 heavy (non-hydrogen) atoms. The molecule has 0 fully saturated rings. The molecule has 0 saturated carbocycles. The summed E-state index contributed by atoms with van der Waals surface area (Å²) >= 11 is 11.9. The van der Waals surface area contributed by atoms with Gasteiger partial charge < -0.3 is 0 Å². The Labute approximate surface area is 119 Å². The van der Waals surface area contributed by atoms with Gasteiger partial charge in [-0.05, 0) is 45.0 Å². The third-order valence-electron chi connectivity index (χ3n) is 2.82. The summed E-state index contributed by atoms with van der Waals surface area (Å²) in [6, 6.07) is 5.33. The maximum Gasteiger partial charge on any atom is 0.178 e. The highest BCUT2D eigenvalue weighted by atomic mass is 35.5. The topological polar surface area (TPSA) is 20.3 Å². The maximum atomic E-state index is 12.2. The van der Waals surface area contributed by atoms with Crippen molar-refractivity contribution in [1.29, 1.82) is 0 Å². The van der Waals surface area contributed by atoms with Crippen molar-refractivity contribution >= 4 is 29.0 Å². The Balaban J connectivity index is 2.83. The van der Waals surface area contributed by atoms with Crippen molar-refractivity contribution in [3.05, 3.63) is 33.8 Å². The number of nitrogens with zero attached hydrogens (tertiary/aromatic N) is 1. The molecule has 0 atom stereocenters. The number of benzene rings is 1. The quantitative estimate of drug-likeness (QED) is 0.727. The molecule has 0 bridgehead atoms. The molecule has 1 aromatic rings. The van der Waals surface area contributed by atoms with E-state index in [9.17, 15) is 4.79 Å². The SMILES string of the molecule is CCCN(CC(=O)c1cc(Cl)ccc1Cl)C(C)C. The first-order valence-electron chi connectivity index (χ1n) is 6.18. The molecule has 0 heterocycles. The molecule has 0 amide bonds. The number of halogens is 2. The van der Waals surface area contributed by atoms with E-state index in [0.717, 1.165) is 13.0 Å². The van der Waals surface area contributed by atoms with Crippen molar-refractivity contribution in [2.75, 3.05) is 13.1 Å². The maximum absolute atomic E-state index is 12.2. The minimum absolute atomic E-state index is 0.0182. The van der Waals surface area contributed by atoms with Gasteiger partial charge in [-0.3, -0.25) is 9.69 Å². The van der Waals surface area contributed by atoms with Crippen molar-refractivity contribution in [3.8, 4) is 0 Å². The number of rotatable bonds is 6. The van der Waals surface area contributed by atoms with Gasteiger partial charge in [0.25, 0.3) is 0 Å². The van der Waals surface area contributed by atoms with Crippen molar-refractivity contribution < 1.29 is 4.79 Å². The van der Waals surface area contributed by atoms with Crippen LogP contribution in [0.2, 0.25) is 10.0 Å². The second-order valence-corrected chi connectivity index (χ2v) is 5.46. The summed E-state index contributed by atoms with van der Waals surface area (Å²) in [5, 5.41) is 0.999. The summed E-state index contributed by atoms with van der Waals surface area (Å²) in [7, 11) is 0. The Morgan fingerprint density at radius 1 is 1.33 bits per heavy atom. The Morgan fingerprint density at radius 3 is 2.56 bits per heavy atom. The number of ketones is 1. The number of carbonyl (C=O) groups is 1. The van der Waals surface area contributed by atoms with Crippen LogP contribution in [0.25, 0.3) is 0 Å². The second kappa shape index (κ2) is 7.13. The van der Waals surface area contributed by atoms with Gasteiger partial charge in [0.2, 0.25) is 0 Å². The van der Waals surface area contributed by atoms with Gasteiger partial charge in [0.1, 0.15) is 0 Å². The smallest absolute Gasteiger partial charge is 0.178 e. The Morgan fingerprint density at radius 2 is 2.00 bits per heavy atom. The van der Waals surface area contributed by atoms with Crippen LogP contribution in [0.4, 0.5) is 0 Å². The summed E-state index contributed by atoms with van der Waals surface area (Å²) in [6.07, 6.45) is 1.02. The predicted octanol–water partition coefficient (Wildman–Crippen LogP) is 4.30. The lowest BCUT2D eigenvalue weighted by atomic mass is 10.1. The Hall–Kier alpha value is -0.570. The standard InChI is InChI=1S/C14H19Cl2NO/c1-4-7-17(10(2)3)9-14(18)12-8-11(15)5-6-13(12)16/h5-6,8,10H,4,7,9H2,1-3H3.